The van der Waals surface area contributed by atoms with E-state index in [9.17, 15) is 4.79 Å². The van der Waals surface area contributed by atoms with Gasteiger partial charge in [-0.1, -0.05) is 0 Å². The summed E-state index contributed by atoms with van der Waals surface area (Å²) in [5.74, 6) is 0. The van der Waals surface area contributed by atoms with E-state index in [1.807, 2.05) is 34.0 Å². The standard InChI is InChI=1S/C16H24N6O2/c1-11-14(12(2)20-19-11)8-17-15(23)22-5-6-24-16(3,10-22)13-7-18-21(4)9-13/h7,9H,5-6,8,10H2,1-4H3,(H,17,23)(H,19,20)/t16-/m0/s1. The van der Waals surface area contributed by atoms with Crippen LogP contribution in [0.15, 0.2) is 12.4 Å². The predicted octanol–water partition coefficient (Wildman–Crippen LogP) is 1.22. The van der Waals surface area contributed by atoms with Gasteiger partial charge in [0.05, 0.1) is 25.0 Å². The van der Waals surface area contributed by atoms with E-state index in [2.05, 4.69) is 20.6 Å². The molecule has 1 aliphatic rings. The van der Waals surface area contributed by atoms with Crippen LogP contribution in [0.3, 0.4) is 0 Å². The summed E-state index contributed by atoms with van der Waals surface area (Å²) in [5, 5.41) is 14.3. The summed E-state index contributed by atoms with van der Waals surface area (Å²) in [6.45, 7) is 7.91. The first-order chi connectivity index (χ1) is 11.4. The summed E-state index contributed by atoms with van der Waals surface area (Å²) in [6, 6.07) is -0.0894. The number of nitrogens with one attached hydrogen (secondary N) is 2. The minimum Gasteiger partial charge on any atom is -0.367 e. The largest absolute Gasteiger partial charge is 0.367 e. The van der Waals surface area contributed by atoms with Crippen LogP contribution in [0.2, 0.25) is 0 Å². The van der Waals surface area contributed by atoms with Gasteiger partial charge in [0.1, 0.15) is 5.60 Å². The molecule has 0 spiro atoms. The molecular weight excluding hydrogens is 308 g/mol. The van der Waals surface area contributed by atoms with Crippen molar-refractivity contribution in [1.29, 1.82) is 0 Å². The molecule has 0 bridgehead atoms. The van der Waals surface area contributed by atoms with Gasteiger partial charge in [0.2, 0.25) is 0 Å². The van der Waals surface area contributed by atoms with Crippen LogP contribution in [0.25, 0.3) is 0 Å². The Bertz CT molecular complexity index is 717. The molecule has 2 amide bonds. The third-order valence-electron chi connectivity index (χ3n) is 4.57. The van der Waals surface area contributed by atoms with Gasteiger partial charge in [-0.25, -0.2) is 4.79 Å². The van der Waals surface area contributed by atoms with E-state index in [0.717, 1.165) is 22.5 Å². The van der Waals surface area contributed by atoms with Gasteiger partial charge in [-0.15, -0.1) is 0 Å². The third kappa shape index (κ3) is 3.14. The molecule has 1 aliphatic heterocycles. The number of aryl methyl sites for hydroxylation is 3. The Morgan fingerprint density at radius 3 is 2.92 bits per heavy atom. The van der Waals surface area contributed by atoms with Gasteiger partial charge in [-0.05, 0) is 20.8 Å². The minimum atomic E-state index is -0.536. The Hall–Kier alpha value is -2.35. The molecule has 2 aromatic rings. The summed E-state index contributed by atoms with van der Waals surface area (Å²) in [4.78, 5) is 14.3. The smallest absolute Gasteiger partial charge is 0.317 e. The monoisotopic (exact) mass is 332 g/mol. The van der Waals surface area contributed by atoms with E-state index in [-0.39, 0.29) is 6.03 Å². The lowest BCUT2D eigenvalue weighted by atomic mass is 9.97. The highest BCUT2D eigenvalue weighted by Crippen LogP contribution is 2.29. The number of hydrogen-bond acceptors (Lipinski definition) is 4. The molecular formula is C16H24N6O2. The highest BCUT2D eigenvalue weighted by molar-refractivity contribution is 5.74. The number of urea groups is 1. The second kappa shape index (κ2) is 6.27. The Balaban J connectivity index is 1.65. The van der Waals surface area contributed by atoms with Crippen LogP contribution < -0.4 is 5.32 Å². The number of ether oxygens (including phenoxy) is 1. The van der Waals surface area contributed by atoms with Crippen molar-refractivity contribution in [1.82, 2.24) is 30.2 Å². The van der Waals surface area contributed by atoms with E-state index >= 15 is 0 Å². The van der Waals surface area contributed by atoms with Crippen molar-refractivity contribution in [3.05, 3.63) is 34.9 Å². The molecule has 1 fully saturated rings. The predicted molar refractivity (Wildman–Crippen MR) is 88.4 cm³/mol. The summed E-state index contributed by atoms with van der Waals surface area (Å²) in [7, 11) is 1.87. The summed E-state index contributed by atoms with van der Waals surface area (Å²) >= 11 is 0. The van der Waals surface area contributed by atoms with Gasteiger partial charge in [0.25, 0.3) is 0 Å². The molecule has 0 aliphatic carbocycles. The lowest BCUT2D eigenvalue weighted by Gasteiger charge is -2.40. The van der Waals surface area contributed by atoms with Crippen LogP contribution >= 0.6 is 0 Å². The molecule has 24 heavy (non-hydrogen) atoms. The van der Waals surface area contributed by atoms with E-state index in [1.54, 1.807) is 15.8 Å². The minimum absolute atomic E-state index is 0.0894. The third-order valence-corrected chi connectivity index (χ3v) is 4.57. The number of H-pyrrole nitrogens is 1. The van der Waals surface area contributed by atoms with Gasteiger partial charge >= 0.3 is 6.03 Å². The van der Waals surface area contributed by atoms with Crippen LogP contribution in [-0.2, 0) is 23.9 Å². The molecule has 0 saturated carbocycles. The molecule has 8 heteroatoms. The molecule has 0 radical (unpaired) electrons. The van der Waals surface area contributed by atoms with Crippen molar-refractivity contribution < 1.29 is 9.53 Å². The molecule has 2 aromatic heterocycles. The SMILES string of the molecule is Cc1n[nH]c(C)c1CNC(=O)N1CCO[C@](C)(c2cnn(C)c2)C1. The Morgan fingerprint density at radius 1 is 1.50 bits per heavy atom. The molecule has 3 rings (SSSR count). The fraction of sp³-hybridized carbons (Fsp3) is 0.562. The van der Waals surface area contributed by atoms with Crippen molar-refractivity contribution in [2.75, 3.05) is 19.7 Å². The van der Waals surface area contributed by atoms with Crippen molar-refractivity contribution in [2.45, 2.75) is 32.9 Å². The zero-order valence-electron chi connectivity index (χ0n) is 14.6. The van der Waals surface area contributed by atoms with E-state index in [4.69, 9.17) is 4.74 Å². The maximum Gasteiger partial charge on any atom is 0.317 e. The summed E-state index contributed by atoms with van der Waals surface area (Å²) < 4.78 is 7.69. The number of rotatable bonds is 3. The second-order valence-corrected chi connectivity index (χ2v) is 6.47. The molecule has 0 unspecified atom stereocenters. The van der Waals surface area contributed by atoms with E-state index in [1.165, 1.54) is 0 Å². The first-order valence-corrected chi connectivity index (χ1v) is 8.05. The van der Waals surface area contributed by atoms with Crippen molar-refractivity contribution >= 4 is 6.03 Å². The van der Waals surface area contributed by atoms with Crippen LogP contribution in [0, 0.1) is 13.8 Å². The molecule has 8 nitrogen and oxygen atoms in total. The van der Waals surface area contributed by atoms with Gasteiger partial charge < -0.3 is 15.0 Å². The first-order valence-electron chi connectivity index (χ1n) is 8.05. The normalized spacial score (nSPS) is 21.1. The lowest BCUT2D eigenvalue weighted by Crippen LogP contribution is -2.53. The Morgan fingerprint density at radius 2 is 2.29 bits per heavy atom. The molecule has 3 heterocycles. The number of carbonyl (C=O) groups excluding carboxylic acids is 1. The molecule has 2 N–H and O–H groups in total. The Kier molecular flexibility index (Phi) is 4.31. The topological polar surface area (TPSA) is 88.1 Å². The molecule has 1 atom stereocenters. The highest BCUT2D eigenvalue weighted by atomic mass is 16.5. The maximum absolute atomic E-state index is 12.5. The number of morpholine rings is 1. The molecule has 0 aromatic carbocycles. The second-order valence-electron chi connectivity index (χ2n) is 6.47. The zero-order chi connectivity index (χ0) is 17.3. The van der Waals surface area contributed by atoms with E-state index < -0.39 is 5.60 Å². The van der Waals surface area contributed by atoms with Crippen LogP contribution in [0.4, 0.5) is 4.79 Å². The zero-order valence-corrected chi connectivity index (χ0v) is 14.6. The van der Waals surface area contributed by atoms with Crippen molar-refractivity contribution in [3.63, 3.8) is 0 Å². The van der Waals surface area contributed by atoms with Crippen molar-refractivity contribution in [3.8, 4) is 0 Å². The van der Waals surface area contributed by atoms with Crippen LogP contribution in [-0.4, -0.2) is 50.6 Å². The summed E-state index contributed by atoms with van der Waals surface area (Å²) in [5.41, 5.74) is 3.37. The Labute approximate surface area is 141 Å². The fourth-order valence-corrected chi connectivity index (χ4v) is 3.02. The summed E-state index contributed by atoms with van der Waals surface area (Å²) in [6.07, 6.45) is 3.72. The molecule has 1 saturated heterocycles. The van der Waals surface area contributed by atoms with Gasteiger partial charge in [-0.2, -0.15) is 10.2 Å². The van der Waals surface area contributed by atoms with Crippen molar-refractivity contribution in [2.24, 2.45) is 7.05 Å². The average molecular weight is 332 g/mol. The molecule has 130 valence electrons. The number of hydrogen-bond donors (Lipinski definition) is 2. The van der Waals surface area contributed by atoms with E-state index in [0.29, 0.717) is 26.2 Å². The number of amides is 2. The number of aromatic amines is 1. The quantitative estimate of drug-likeness (QED) is 0.884. The fourth-order valence-electron chi connectivity index (χ4n) is 3.02. The van der Waals surface area contributed by atoms with Gasteiger partial charge in [0.15, 0.2) is 0 Å². The van der Waals surface area contributed by atoms with Gasteiger partial charge in [0, 0.05) is 43.2 Å². The van der Waals surface area contributed by atoms with Crippen LogP contribution in [0.5, 0.6) is 0 Å². The van der Waals surface area contributed by atoms with Gasteiger partial charge in [-0.3, -0.25) is 9.78 Å². The average Bonchev–Trinajstić information content (AvgIpc) is 3.12. The highest BCUT2D eigenvalue weighted by Gasteiger charge is 2.36. The lowest BCUT2D eigenvalue weighted by molar-refractivity contribution is -0.0907. The number of aromatic nitrogens is 4. The number of nitrogens with zero attached hydrogens (tertiary/aromatic N) is 4. The van der Waals surface area contributed by atoms with Crippen LogP contribution in [0.1, 0.15) is 29.4 Å². The number of carbonyl (C=O) groups is 1. The first kappa shape index (κ1) is 16.5. The maximum atomic E-state index is 12.5.